The molecule has 0 saturated heterocycles. The van der Waals surface area contributed by atoms with Gasteiger partial charge in [-0.25, -0.2) is 0 Å². The maximum atomic E-state index is 12.8. The molecule has 0 aliphatic carbocycles. The summed E-state index contributed by atoms with van der Waals surface area (Å²) in [7, 11) is 0. The SMILES string of the molecule is CCCCCCCC/C=C\CCCCCCCCCC(=O)OCC(COC(=O)CCCCC/C=C\CCCCCCCC)OC(=O)CCCCCCC/C=C\CCCCCCCCC. The normalized spacial score (nSPS) is 12.2. The lowest BCUT2D eigenvalue weighted by atomic mass is 10.1. The summed E-state index contributed by atoms with van der Waals surface area (Å²) in [6.45, 7) is 6.63. The summed E-state index contributed by atoms with van der Waals surface area (Å²) in [5.74, 6) is -0.897. The quantitative estimate of drug-likeness (QED) is 0.0262. The Morgan fingerprint density at radius 1 is 0.297 bits per heavy atom. The Morgan fingerprint density at radius 3 is 0.797 bits per heavy atom. The van der Waals surface area contributed by atoms with Gasteiger partial charge >= 0.3 is 17.9 Å². The lowest BCUT2D eigenvalue weighted by Gasteiger charge is -2.18. The molecule has 0 N–H and O–H groups in total. The number of carbonyl (C=O) groups excluding carboxylic acids is 3. The van der Waals surface area contributed by atoms with Gasteiger partial charge in [0.25, 0.3) is 0 Å². The van der Waals surface area contributed by atoms with Crippen LogP contribution in [0.15, 0.2) is 36.5 Å². The highest BCUT2D eigenvalue weighted by Crippen LogP contribution is 2.15. The zero-order chi connectivity index (χ0) is 46.5. The van der Waals surface area contributed by atoms with Crippen LogP contribution in [0.3, 0.4) is 0 Å². The fraction of sp³-hybridized carbons (Fsp3) is 0.845. The molecule has 0 aliphatic heterocycles. The van der Waals surface area contributed by atoms with Crippen molar-refractivity contribution in [1.29, 1.82) is 0 Å². The second-order valence-corrected chi connectivity index (χ2v) is 18.8. The van der Waals surface area contributed by atoms with Gasteiger partial charge in [-0.3, -0.25) is 14.4 Å². The van der Waals surface area contributed by atoms with Crippen LogP contribution in [-0.2, 0) is 28.6 Å². The van der Waals surface area contributed by atoms with Crippen molar-refractivity contribution in [2.75, 3.05) is 13.2 Å². The van der Waals surface area contributed by atoms with E-state index in [2.05, 4.69) is 57.2 Å². The number of hydrogen-bond donors (Lipinski definition) is 0. The van der Waals surface area contributed by atoms with Crippen molar-refractivity contribution < 1.29 is 28.6 Å². The summed E-state index contributed by atoms with van der Waals surface area (Å²) in [5, 5.41) is 0. The molecule has 0 aromatic carbocycles. The molecular formula is C58H106O6. The van der Waals surface area contributed by atoms with Crippen LogP contribution in [0.1, 0.15) is 297 Å². The van der Waals surface area contributed by atoms with Crippen molar-refractivity contribution in [1.82, 2.24) is 0 Å². The first kappa shape index (κ1) is 61.6. The van der Waals surface area contributed by atoms with Crippen LogP contribution in [0, 0.1) is 0 Å². The summed E-state index contributed by atoms with van der Waals surface area (Å²) in [6, 6.07) is 0. The highest BCUT2D eigenvalue weighted by Gasteiger charge is 2.19. The van der Waals surface area contributed by atoms with Gasteiger partial charge in [-0.15, -0.1) is 0 Å². The van der Waals surface area contributed by atoms with Gasteiger partial charge in [0, 0.05) is 19.3 Å². The summed E-state index contributed by atoms with van der Waals surface area (Å²) >= 11 is 0. The van der Waals surface area contributed by atoms with Gasteiger partial charge in [0.05, 0.1) is 0 Å². The van der Waals surface area contributed by atoms with E-state index >= 15 is 0 Å². The van der Waals surface area contributed by atoms with E-state index in [4.69, 9.17) is 14.2 Å². The fourth-order valence-corrected chi connectivity index (χ4v) is 8.07. The number of esters is 3. The van der Waals surface area contributed by atoms with Gasteiger partial charge < -0.3 is 14.2 Å². The summed E-state index contributed by atoms with van der Waals surface area (Å²) in [6.07, 6.45) is 62.7. The van der Waals surface area contributed by atoms with Gasteiger partial charge in [-0.1, -0.05) is 218 Å². The fourth-order valence-electron chi connectivity index (χ4n) is 8.07. The minimum atomic E-state index is -0.782. The van der Waals surface area contributed by atoms with E-state index in [0.717, 1.165) is 77.0 Å². The maximum absolute atomic E-state index is 12.8. The van der Waals surface area contributed by atoms with Gasteiger partial charge in [-0.05, 0) is 96.3 Å². The Hall–Kier alpha value is -2.37. The van der Waals surface area contributed by atoms with E-state index in [1.807, 2.05) is 0 Å². The molecule has 0 aromatic rings. The van der Waals surface area contributed by atoms with Gasteiger partial charge in [0.15, 0.2) is 6.10 Å². The lowest BCUT2D eigenvalue weighted by molar-refractivity contribution is -0.167. The first-order valence-electron chi connectivity index (χ1n) is 28.0. The molecule has 0 fully saturated rings. The highest BCUT2D eigenvalue weighted by molar-refractivity contribution is 5.71. The molecular weight excluding hydrogens is 793 g/mol. The van der Waals surface area contributed by atoms with Crippen LogP contribution in [0.4, 0.5) is 0 Å². The van der Waals surface area contributed by atoms with Crippen molar-refractivity contribution in [3.05, 3.63) is 36.5 Å². The molecule has 0 radical (unpaired) electrons. The van der Waals surface area contributed by atoms with Gasteiger partial charge in [0.1, 0.15) is 13.2 Å². The predicted octanol–water partition coefficient (Wildman–Crippen LogP) is 18.5. The number of carbonyl (C=O) groups is 3. The zero-order valence-electron chi connectivity index (χ0n) is 42.8. The molecule has 6 heteroatoms. The third kappa shape index (κ3) is 50.6. The number of allylic oxidation sites excluding steroid dienone is 6. The van der Waals surface area contributed by atoms with Crippen molar-refractivity contribution in [3.8, 4) is 0 Å². The van der Waals surface area contributed by atoms with Crippen LogP contribution >= 0.6 is 0 Å². The minimum Gasteiger partial charge on any atom is -0.462 e. The number of hydrogen-bond acceptors (Lipinski definition) is 6. The largest absolute Gasteiger partial charge is 0.462 e. The summed E-state index contributed by atoms with van der Waals surface area (Å²) < 4.78 is 16.8. The molecule has 374 valence electrons. The average molecular weight is 899 g/mol. The monoisotopic (exact) mass is 899 g/mol. The van der Waals surface area contributed by atoms with Crippen LogP contribution in [-0.4, -0.2) is 37.2 Å². The molecule has 0 bridgehead atoms. The first-order chi connectivity index (χ1) is 31.5. The Morgan fingerprint density at radius 2 is 0.516 bits per heavy atom. The maximum Gasteiger partial charge on any atom is 0.306 e. The molecule has 1 unspecified atom stereocenters. The topological polar surface area (TPSA) is 78.9 Å². The zero-order valence-corrected chi connectivity index (χ0v) is 42.8. The Balaban J connectivity index is 4.38. The second kappa shape index (κ2) is 53.2. The average Bonchev–Trinajstić information content (AvgIpc) is 3.29. The lowest BCUT2D eigenvalue weighted by Crippen LogP contribution is -2.30. The minimum absolute atomic E-state index is 0.0805. The first-order valence-corrected chi connectivity index (χ1v) is 28.0. The van der Waals surface area contributed by atoms with E-state index < -0.39 is 6.10 Å². The number of rotatable bonds is 51. The Labute approximate surface area is 397 Å². The molecule has 6 nitrogen and oxygen atoms in total. The Bertz CT molecular complexity index is 1080. The third-order valence-corrected chi connectivity index (χ3v) is 12.3. The van der Waals surface area contributed by atoms with Crippen molar-refractivity contribution in [2.45, 2.75) is 303 Å². The standard InChI is InChI=1S/C58H106O6/c1-4-7-10-13-16-19-22-25-27-29-31-33-36-39-42-45-48-51-57(60)63-54-55(53-62-56(59)50-47-44-41-38-35-32-24-21-18-15-12-9-6-3)64-58(61)52-49-46-43-40-37-34-30-28-26-23-20-17-14-11-8-5-2/h25,27-28,30,32,35,55H,4-24,26,29,31,33-34,36-54H2,1-3H3/b27-25-,30-28-,35-32-. The van der Waals surface area contributed by atoms with Crippen molar-refractivity contribution in [3.63, 3.8) is 0 Å². The van der Waals surface area contributed by atoms with E-state index in [1.54, 1.807) is 0 Å². The van der Waals surface area contributed by atoms with Crippen molar-refractivity contribution in [2.24, 2.45) is 0 Å². The molecule has 1 atom stereocenters. The highest BCUT2D eigenvalue weighted by atomic mass is 16.6. The number of unbranched alkanes of at least 4 members (excludes halogenated alkanes) is 34. The van der Waals surface area contributed by atoms with Gasteiger partial charge in [0.2, 0.25) is 0 Å². The molecule has 0 aliphatic rings. The third-order valence-electron chi connectivity index (χ3n) is 12.3. The van der Waals surface area contributed by atoms with E-state index in [-0.39, 0.29) is 31.1 Å². The molecule has 0 amide bonds. The van der Waals surface area contributed by atoms with E-state index in [0.29, 0.717) is 19.3 Å². The molecule has 0 heterocycles. The molecule has 0 aromatic heterocycles. The van der Waals surface area contributed by atoms with Crippen LogP contribution in [0.5, 0.6) is 0 Å². The molecule has 0 rings (SSSR count). The number of ether oxygens (including phenoxy) is 3. The predicted molar refractivity (Wildman–Crippen MR) is 275 cm³/mol. The second-order valence-electron chi connectivity index (χ2n) is 18.8. The van der Waals surface area contributed by atoms with Gasteiger partial charge in [-0.2, -0.15) is 0 Å². The van der Waals surface area contributed by atoms with Crippen molar-refractivity contribution >= 4 is 17.9 Å². The van der Waals surface area contributed by atoms with E-state index in [1.165, 1.54) is 180 Å². The molecule has 0 spiro atoms. The molecule has 64 heavy (non-hydrogen) atoms. The Kier molecular flexibility index (Phi) is 51.3. The summed E-state index contributed by atoms with van der Waals surface area (Å²) in [4.78, 5) is 38.1. The smallest absolute Gasteiger partial charge is 0.306 e. The van der Waals surface area contributed by atoms with Crippen LogP contribution in [0.2, 0.25) is 0 Å². The van der Waals surface area contributed by atoms with E-state index in [9.17, 15) is 14.4 Å². The summed E-state index contributed by atoms with van der Waals surface area (Å²) in [5.41, 5.74) is 0. The van der Waals surface area contributed by atoms with Crippen LogP contribution in [0.25, 0.3) is 0 Å². The molecule has 0 saturated carbocycles. The van der Waals surface area contributed by atoms with Crippen LogP contribution < -0.4 is 0 Å².